The van der Waals surface area contributed by atoms with Gasteiger partial charge in [0.1, 0.15) is 0 Å². The average molecular weight is 250 g/mol. The van der Waals surface area contributed by atoms with Crippen LogP contribution >= 0.6 is 0 Å². The van der Waals surface area contributed by atoms with E-state index >= 15 is 0 Å². The molecule has 0 aromatic carbocycles. The summed E-state index contributed by atoms with van der Waals surface area (Å²) in [6.45, 7) is 6.79. The molecule has 2 saturated heterocycles. The van der Waals surface area contributed by atoms with E-state index in [0.29, 0.717) is 0 Å². The van der Waals surface area contributed by atoms with Crippen molar-refractivity contribution in [3.05, 3.63) is 0 Å². The van der Waals surface area contributed by atoms with Gasteiger partial charge in [-0.1, -0.05) is 19.3 Å². The Kier molecular flexibility index (Phi) is 4.58. The molecule has 3 rings (SSSR count). The van der Waals surface area contributed by atoms with Crippen molar-refractivity contribution in [1.29, 1.82) is 0 Å². The van der Waals surface area contributed by atoms with Gasteiger partial charge in [0.2, 0.25) is 0 Å². The predicted octanol–water partition coefficient (Wildman–Crippen LogP) is 3.13. The Morgan fingerprint density at radius 1 is 0.667 bits per heavy atom. The van der Waals surface area contributed by atoms with Gasteiger partial charge in [-0.05, 0) is 64.1 Å². The Bertz CT molecular complexity index is 245. The van der Waals surface area contributed by atoms with E-state index in [0.717, 1.165) is 12.0 Å². The van der Waals surface area contributed by atoms with E-state index in [1.807, 2.05) is 0 Å². The molecule has 1 aliphatic carbocycles. The fourth-order valence-electron chi connectivity index (χ4n) is 4.46. The lowest BCUT2D eigenvalue weighted by atomic mass is 9.78. The molecule has 18 heavy (non-hydrogen) atoms. The van der Waals surface area contributed by atoms with Gasteiger partial charge in [-0.2, -0.15) is 0 Å². The number of fused-ring (bicyclic) bond motifs is 1. The van der Waals surface area contributed by atoms with Crippen LogP contribution < -0.4 is 0 Å². The van der Waals surface area contributed by atoms with Crippen molar-refractivity contribution in [2.24, 2.45) is 5.92 Å². The van der Waals surface area contributed by atoms with Crippen LogP contribution in [0.25, 0.3) is 0 Å². The molecule has 2 atom stereocenters. The molecule has 0 N–H and O–H groups in total. The van der Waals surface area contributed by atoms with Crippen molar-refractivity contribution in [3.63, 3.8) is 0 Å². The van der Waals surface area contributed by atoms with Crippen molar-refractivity contribution in [2.45, 2.75) is 63.8 Å². The maximum Gasteiger partial charge on any atom is 0.0124 e. The lowest BCUT2D eigenvalue weighted by molar-refractivity contribution is 0.0501. The smallest absolute Gasteiger partial charge is 0.0124 e. The highest BCUT2D eigenvalue weighted by atomic mass is 15.2. The summed E-state index contributed by atoms with van der Waals surface area (Å²) in [6, 6.07) is 0.956. The van der Waals surface area contributed by atoms with Gasteiger partial charge in [0.15, 0.2) is 0 Å². The number of likely N-dealkylation sites (tertiary alicyclic amines) is 2. The maximum atomic E-state index is 2.85. The third-order valence-electron chi connectivity index (χ3n) is 5.51. The Morgan fingerprint density at radius 2 is 1.44 bits per heavy atom. The molecule has 3 fully saturated rings. The van der Waals surface area contributed by atoms with Crippen LogP contribution in [0.2, 0.25) is 0 Å². The molecule has 104 valence electrons. The van der Waals surface area contributed by atoms with Crippen LogP contribution in [0.5, 0.6) is 0 Å². The minimum Gasteiger partial charge on any atom is -0.302 e. The Morgan fingerprint density at radius 3 is 2.33 bits per heavy atom. The van der Waals surface area contributed by atoms with E-state index in [4.69, 9.17) is 0 Å². The zero-order valence-corrected chi connectivity index (χ0v) is 11.9. The van der Waals surface area contributed by atoms with Crippen LogP contribution in [0.4, 0.5) is 0 Å². The summed E-state index contributed by atoms with van der Waals surface area (Å²) < 4.78 is 0. The fourth-order valence-corrected chi connectivity index (χ4v) is 4.46. The summed E-state index contributed by atoms with van der Waals surface area (Å²) in [5.74, 6) is 1.05. The third-order valence-corrected chi connectivity index (χ3v) is 5.51. The fraction of sp³-hybridized carbons (Fsp3) is 1.00. The van der Waals surface area contributed by atoms with Gasteiger partial charge in [0.25, 0.3) is 0 Å². The van der Waals surface area contributed by atoms with Gasteiger partial charge in [-0.15, -0.1) is 0 Å². The van der Waals surface area contributed by atoms with Crippen LogP contribution in [0.1, 0.15) is 57.8 Å². The molecule has 1 saturated carbocycles. The highest BCUT2D eigenvalue weighted by molar-refractivity contribution is 4.87. The van der Waals surface area contributed by atoms with Crippen LogP contribution in [0.3, 0.4) is 0 Å². The monoisotopic (exact) mass is 250 g/mol. The summed E-state index contributed by atoms with van der Waals surface area (Å²) in [4.78, 5) is 5.55. The Hall–Kier alpha value is -0.0800. The van der Waals surface area contributed by atoms with Crippen LogP contribution in [0.15, 0.2) is 0 Å². The zero-order valence-electron chi connectivity index (χ0n) is 11.9. The summed E-state index contributed by atoms with van der Waals surface area (Å²) in [5, 5.41) is 0. The van der Waals surface area contributed by atoms with Crippen molar-refractivity contribution < 1.29 is 0 Å². The molecule has 2 unspecified atom stereocenters. The van der Waals surface area contributed by atoms with E-state index in [1.165, 1.54) is 90.5 Å². The zero-order chi connectivity index (χ0) is 12.2. The molecule has 0 radical (unpaired) electrons. The second kappa shape index (κ2) is 6.38. The van der Waals surface area contributed by atoms with Crippen LogP contribution in [-0.4, -0.2) is 48.6 Å². The van der Waals surface area contributed by atoms with E-state index in [-0.39, 0.29) is 0 Å². The molecular formula is C16H30N2. The van der Waals surface area contributed by atoms with Crippen LogP contribution in [-0.2, 0) is 0 Å². The van der Waals surface area contributed by atoms with Crippen molar-refractivity contribution >= 4 is 0 Å². The topological polar surface area (TPSA) is 6.48 Å². The van der Waals surface area contributed by atoms with Gasteiger partial charge in [0, 0.05) is 19.1 Å². The second-order valence-corrected chi connectivity index (χ2v) is 6.69. The lowest BCUT2D eigenvalue weighted by Crippen LogP contribution is -2.49. The minimum atomic E-state index is 0.956. The quantitative estimate of drug-likeness (QED) is 0.759. The first-order valence-corrected chi connectivity index (χ1v) is 8.40. The highest BCUT2D eigenvalue weighted by Crippen LogP contribution is 2.35. The predicted molar refractivity (Wildman–Crippen MR) is 76.8 cm³/mol. The molecular weight excluding hydrogens is 220 g/mol. The standard InChI is InChI=1S/C16H30N2/c1-4-10-17(11-5-1)13-14-18-12-6-8-15-7-2-3-9-16(15)18/h15-16H,1-14H2. The van der Waals surface area contributed by atoms with E-state index in [2.05, 4.69) is 9.80 Å². The maximum absolute atomic E-state index is 2.85. The number of hydrogen-bond acceptors (Lipinski definition) is 2. The Labute approximate surface area is 113 Å². The molecule has 0 bridgehead atoms. The minimum absolute atomic E-state index is 0.956. The number of hydrogen-bond donors (Lipinski definition) is 0. The van der Waals surface area contributed by atoms with Gasteiger partial charge >= 0.3 is 0 Å². The van der Waals surface area contributed by atoms with E-state index in [9.17, 15) is 0 Å². The molecule has 2 heterocycles. The molecule has 2 aliphatic heterocycles. The summed E-state index contributed by atoms with van der Waals surface area (Å²) in [6.07, 6.45) is 13.3. The average Bonchev–Trinajstić information content (AvgIpc) is 2.46. The summed E-state index contributed by atoms with van der Waals surface area (Å²) in [5.41, 5.74) is 0. The van der Waals surface area contributed by atoms with Gasteiger partial charge in [-0.3, -0.25) is 4.90 Å². The molecule has 0 spiro atoms. The summed E-state index contributed by atoms with van der Waals surface area (Å²) in [7, 11) is 0. The van der Waals surface area contributed by atoms with Gasteiger partial charge in [0.05, 0.1) is 0 Å². The normalized spacial score (nSPS) is 35.3. The third kappa shape index (κ3) is 3.08. The van der Waals surface area contributed by atoms with Crippen molar-refractivity contribution in [2.75, 3.05) is 32.7 Å². The largest absolute Gasteiger partial charge is 0.302 e. The first kappa shape index (κ1) is 12.9. The van der Waals surface area contributed by atoms with Crippen molar-refractivity contribution in [3.8, 4) is 0 Å². The SMILES string of the molecule is C1CCN(CCN2CCCC3CCCCC32)CC1. The number of nitrogens with zero attached hydrogens (tertiary/aromatic N) is 2. The van der Waals surface area contributed by atoms with Crippen LogP contribution in [0, 0.1) is 5.92 Å². The van der Waals surface area contributed by atoms with E-state index in [1.54, 1.807) is 0 Å². The lowest BCUT2D eigenvalue weighted by Gasteiger charge is -2.45. The number of piperidine rings is 2. The first-order chi connectivity index (χ1) is 8.93. The molecule has 2 heteroatoms. The summed E-state index contributed by atoms with van der Waals surface area (Å²) >= 11 is 0. The van der Waals surface area contributed by atoms with E-state index < -0.39 is 0 Å². The molecule has 3 aliphatic rings. The molecule has 0 aromatic heterocycles. The molecule has 0 aromatic rings. The highest BCUT2D eigenvalue weighted by Gasteiger charge is 2.32. The molecule has 2 nitrogen and oxygen atoms in total. The van der Waals surface area contributed by atoms with Gasteiger partial charge < -0.3 is 4.90 Å². The Balaban J connectivity index is 1.48. The first-order valence-electron chi connectivity index (χ1n) is 8.40. The van der Waals surface area contributed by atoms with Gasteiger partial charge in [-0.25, -0.2) is 0 Å². The number of rotatable bonds is 3. The van der Waals surface area contributed by atoms with Crippen molar-refractivity contribution in [1.82, 2.24) is 9.80 Å². The second-order valence-electron chi connectivity index (χ2n) is 6.69. The molecule has 0 amide bonds.